The Hall–Kier alpha value is -3.67. The van der Waals surface area contributed by atoms with Crippen LogP contribution in [0.3, 0.4) is 0 Å². The summed E-state index contributed by atoms with van der Waals surface area (Å²) in [5, 5.41) is 0. The van der Waals surface area contributed by atoms with E-state index < -0.39 is 0 Å². The molecule has 0 aliphatic rings. The molecule has 0 radical (unpaired) electrons. The van der Waals surface area contributed by atoms with Crippen LogP contribution in [0.25, 0.3) is 0 Å². The van der Waals surface area contributed by atoms with Crippen LogP contribution in [0.1, 0.15) is 55.8 Å². The Balaban J connectivity index is 1.67. The van der Waals surface area contributed by atoms with Crippen molar-refractivity contribution >= 4 is 17.5 Å². The SMILES string of the molecule is CCC(=O)c1ccc(OCC(=O)c2cc(C)n(NC(=O)c3ccccc3)c2C)cc1. The molecule has 0 saturated heterocycles. The minimum atomic E-state index is -0.255. The number of ether oxygens (including phenoxy) is 1. The van der Waals surface area contributed by atoms with Crippen molar-refractivity contribution in [2.24, 2.45) is 0 Å². The fourth-order valence-electron chi connectivity index (χ4n) is 3.14. The van der Waals surface area contributed by atoms with E-state index in [0.29, 0.717) is 34.6 Å². The van der Waals surface area contributed by atoms with Crippen molar-refractivity contribution in [1.29, 1.82) is 0 Å². The summed E-state index contributed by atoms with van der Waals surface area (Å²) in [5.74, 6) is 0.121. The molecule has 30 heavy (non-hydrogen) atoms. The summed E-state index contributed by atoms with van der Waals surface area (Å²) in [6.45, 7) is 5.26. The van der Waals surface area contributed by atoms with E-state index in [2.05, 4.69) is 5.43 Å². The molecule has 0 unspecified atom stereocenters. The molecule has 0 fully saturated rings. The Morgan fingerprint density at radius 3 is 2.20 bits per heavy atom. The highest BCUT2D eigenvalue weighted by Gasteiger charge is 2.18. The first kappa shape index (κ1) is 21.0. The lowest BCUT2D eigenvalue weighted by Gasteiger charge is -2.12. The maximum Gasteiger partial charge on any atom is 0.270 e. The third-order valence-corrected chi connectivity index (χ3v) is 4.85. The van der Waals surface area contributed by atoms with E-state index in [1.54, 1.807) is 66.2 Å². The molecule has 2 aromatic carbocycles. The molecule has 6 nitrogen and oxygen atoms in total. The fraction of sp³-hybridized carbons (Fsp3) is 0.208. The van der Waals surface area contributed by atoms with Gasteiger partial charge < -0.3 is 4.74 Å². The molecule has 0 aliphatic carbocycles. The lowest BCUT2D eigenvalue weighted by molar-refractivity contribution is 0.0918. The Bertz CT molecular complexity index is 1070. The Morgan fingerprint density at radius 2 is 1.57 bits per heavy atom. The number of aryl methyl sites for hydroxylation is 1. The van der Waals surface area contributed by atoms with E-state index in [1.807, 2.05) is 19.9 Å². The van der Waals surface area contributed by atoms with Crippen molar-refractivity contribution in [2.45, 2.75) is 27.2 Å². The van der Waals surface area contributed by atoms with Gasteiger partial charge in [0.1, 0.15) is 5.75 Å². The summed E-state index contributed by atoms with van der Waals surface area (Å²) in [6, 6.07) is 17.4. The molecule has 0 saturated carbocycles. The quantitative estimate of drug-likeness (QED) is 0.567. The van der Waals surface area contributed by atoms with E-state index in [0.717, 1.165) is 5.69 Å². The van der Waals surface area contributed by atoms with E-state index >= 15 is 0 Å². The van der Waals surface area contributed by atoms with Crippen molar-refractivity contribution in [3.8, 4) is 5.75 Å². The monoisotopic (exact) mass is 404 g/mol. The lowest BCUT2D eigenvalue weighted by atomic mass is 10.1. The van der Waals surface area contributed by atoms with Gasteiger partial charge in [0.15, 0.2) is 12.4 Å². The van der Waals surface area contributed by atoms with Gasteiger partial charge in [-0.25, -0.2) is 0 Å². The standard InChI is InChI=1S/C24H24N2O4/c1-4-22(27)18-10-12-20(13-11-18)30-15-23(28)21-14-16(2)26(17(21)3)25-24(29)19-8-6-5-7-9-19/h5-14H,4,15H2,1-3H3,(H,25,29). The van der Waals surface area contributed by atoms with Crippen LogP contribution in [0, 0.1) is 13.8 Å². The normalized spacial score (nSPS) is 10.5. The second-order valence-corrected chi connectivity index (χ2v) is 6.94. The third-order valence-electron chi connectivity index (χ3n) is 4.85. The Morgan fingerprint density at radius 1 is 0.900 bits per heavy atom. The minimum absolute atomic E-state index is 0.0580. The number of nitrogens with zero attached hydrogens (tertiary/aromatic N) is 1. The molecule has 1 heterocycles. The number of ketones is 2. The molecular formula is C24H24N2O4. The van der Waals surface area contributed by atoms with Gasteiger partial charge in [0, 0.05) is 34.5 Å². The molecule has 1 aromatic heterocycles. The van der Waals surface area contributed by atoms with Gasteiger partial charge in [0.05, 0.1) is 0 Å². The van der Waals surface area contributed by atoms with Gasteiger partial charge in [-0.15, -0.1) is 0 Å². The first-order chi connectivity index (χ1) is 14.4. The van der Waals surface area contributed by atoms with Gasteiger partial charge >= 0.3 is 0 Å². The number of carbonyl (C=O) groups excluding carboxylic acids is 3. The molecule has 1 amide bonds. The van der Waals surface area contributed by atoms with Gasteiger partial charge in [-0.1, -0.05) is 25.1 Å². The van der Waals surface area contributed by atoms with Crippen molar-refractivity contribution in [3.05, 3.63) is 88.7 Å². The van der Waals surface area contributed by atoms with E-state index in [9.17, 15) is 14.4 Å². The highest BCUT2D eigenvalue weighted by molar-refractivity contribution is 6.01. The number of benzene rings is 2. The maximum absolute atomic E-state index is 12.7. The molecule has 154 valence electrons. The van der Waals surface area contributed by atoms with Crippen molar-refractivity contribution in [3.63, 3.8) is 0 Å². The first-order valence-corrected chi connectivity index (χ1v) is 9.75. The van der Waals surface area contributed by atoms with Crippen LogP contribution >= 0.6 is 0 Å². The van der Waals surface area contributed by atoms with Crippen LogP contribution in [0.15, 0.2) is 60.7 Å². The van der Waals surface area contributed by atoms with Crippen LogP contribution in [0.5, 0.6) is 5.75 Å². The number of carbonyl (C=O) groups is 3. The molecule has 6 heteroatoms. The van der Waals surface area contributed by atoms with Crippen LogP contribution in [-0.4, -0.2) is 28.8 Å². The fourth-order valence-corrected chi connectivity index (χ4v) is 3.14. The van der Waals surface area contributed by atoms with Crippen molar-refractivity contribution < 1.29 is 19.1 Å². The zero-order valence-corrected chi connectivity index (χ0v) is 17.3. The minimum Gasteiger partial charge on any atom is -0.485 e. The number of amides is 1. The summed E-state index contributed by atoms with van der Waals surface area (Å²) in [6.07, 6.45) is 0.440. The lowest BCUT2D eigenvalue weighted by Crippen LogP contribution is -2.25. The Labute approximate surface area is 175 Å². The second kappa shape index (κ2) is 9.22. The number of Topliss-reactive ketones (excluding diaryl/α,β-unsaturated/α-hetero) is 2. The zero-order valence-electron chi connectivity index (χ0n) is 17.3. The van der Waals surface area contributed by atoms with E-state index in [-0.39, 0.29) is 24.1 Å². The van der Waals surface area contributed by atoms with Crippen LogP contribution in [0.2, 0.25) is 0 Å². The molecule has 3 aromatic rings. The molecule has 3 rings (SSSR count). The molecular weight excluding hydrogens is 380 g/mol. The number of hydrogen-bond donors (Lipinski definition) is 1. The average Bonchev–Trinajstić information content (AvgIpc) is 3.06. The second-order valence-electron chi connectivity index (χ2n) is 6.94. The molecule has 1 N–H and O–H groups in total. The van der Waals surface area contributed by atoms with Crippen LogP contribution < -0.4 is 10.2 Å². The average molecular weight is 404 g/mol. The number of rotatable bonds is 8. The van der Waals surface area contributed by atoms with Crippen molar-refractivity contribution in [2.75, 3.05) is 12.0 Å². The molecule has 0 spiro atoms. The molecule has 0 aliphatic heterocycles. The summed E-state index contributed by atoms with van der Waals surface area (Å²) in [5.41, 5.74) is 5.83. The van der Waals surface area contributed by atoms with Crippen LogP contribution in [0.4, 0.5) is 0 Å². The number of aromatic nitrogens is 1. The van der Waals surface area contributed by atoms with Gasteiger partial charge in [-0.3, -0.25) is 24.5 Å². The van der Waals surface area contributed by atoms with Gasteiger partial charge in [-0.05, 0) is 56.3 Å². The van der Waals surface area contributed by atoms with Gasteiger partial charge in [-0.2, -0.15) is 0 Å². The van der Waals surface area contributed by atoms with Gasteiger partial charge in [0.2, 0.25) is 5.78 Å². The predicted octanol–water partition coefficient (Wildman–Crippen LogP) is 4.34. The van der Waals surface area contributed by atoms with E-state index in [1.165, 1.54) is 0 Å². The summed E-state index contributed by atoms with van der Waals surface area (Å²) in [4.78, 5) is 36.8. The smallest absolute Gasteiger partial charge is 0.270 e. The van der Waals surface area contributed by atoms with Gasteiger partial charge in [0.25, 0.3) is 5.91 Å². The number of hydrogen-bond acceptors (Lipinski definition) is 4. The highest BCUT2D eigenvalue weighted by atomic mass is 16.5. The summed E-state index contributed by atoms with van der Waals surface area (Å²) >= 11 is 0. The molecule has 0 atom stereocenters. The largest absolute Gasteiger partial charge is 0.485 e. The predicted molar refractivity (Wildman–Crippen MR) is 115 cm³/mol. The Kier molecular flexibility index (Phi) is 6.47. The summed E-state index contributed by atoms with van der Waals surface area (Å²) in [7, 11) is 0. The third kappa shape index (κ3) is 4.66. The maximum atomic E-state index is 12.7. The van der Waals surface area contributed by atoms with E-state index in [4.69, 9.17) is 4.74 Å². The van der Waals surface area contributed by atoms with Crippen molar-refractivity contribution in [1.82, 2.24) is 4.68 Å². The molecule has 0 bridgehead atoms. The number of nitrogens with one attached hydrogen (secondary N) is 1. The van der Waals surface area contributed by atoms with Crippen LogP contribution in [-0.2, 0) is 0 Å². The zero-order chi connectivity index (χ0) is 21.7. The summed E-state index contributed by atoms with van der Waals surface area (Å²) < 4.78 is 7.19. The topological polar surface area (TPSA) is 77.4 Å². The first-order valence-electron chi connectivity index (χ1n) is 9.75. The highest BCUT2D eigenvalue weighted by Crippen LogP contribution is 2.17.